The second kappa shape index (κ2) is 7.55. The standard InChI is InChI=1S/C15H23N3OS/c1-18(2)14(11-17-15-16-8-5-9-20-15)12-6-4-7-13(10-12)19-3/h4,6-7,10,14H,5,8-9,11H2,1-3H3,(H,16,17). The van der Waals surface area contributed by atoms with Crippen LogP contribution < -0.4 is 10.1 Å². The molecule has 1 aromatic carbocycles. The van der Waals surface area contributed by atoms with Gasteiger partial charge in [-0.2, -0.15) is 0 Å². The molecule has 1 aromatic rings. The number of hydrogen-bond donors (Lipinski definition) is 1. The summed E-state index contributed by atoms with van der Waals surface area (Å²) >= 11 is 1.82. The van der Waals surface area contributed by atoms with Crippen LogP contribution in [0.1, 0.15) is 18.0 Å². The van der Waals surface area contributed by atoms with Gasteiger partial charge >= 0.3 is 0 Å². The van der Waals surface area contributed by atoms with Gasteiger partial charge in [-0.15, -0.1) is 0 Å². The number of methoxy groups -OCH3 is 1. The Balaban J connectivity index is 2.04. The van der Waals surface area contributed by atoms with Gasteiger partial charge < -0.3 is 15.0 Å². The molecule has 4 nitrogen and oxygen atoms in total. The van der Waals surface area contributed by atoms with E-state index >= 15 is 0 Å². The van der Waals surface area contributed by atoms with Gasteiger partial charge in [-0.1, -0.05) is 23.9 Å². The van der Waals surface area contributed by atoms with Gasteiger partial charge in [-0.25, -0.2) is 0 Å². The molecule has 110 valence electrons. The van der Waals surface area contributed by atoms with Crippen molar-refractivity contribution in [1.29, 1.82) is 0 Å². The van der Waals surface area contributed by atoms with Crippen molar-refractivity contribution in [3.63, 3.8) is 0 Å². The molecular formula is C15H23N3OS. The zero-order chi connectivity index (χ0) is 14.4. The third-order valence-electron chi connectivity index (χ3n) is 3.35. The fraction of sp³-hybridized carbons (Fsp3) is 0.533. The predicted octanol–water partition coefficient (Wildman–Crippen LogP) is 2.38. The van der Waals surface area contributed by atoms with E-state index in [4.69, 9.17) is 4.74 Å². The maximum absolute atomic E-state index is 5.31. The molecule has 5 heteroatoms. The van der Waals surface area contributed by atoms with Crippen molar-refractivity contribution in [2.75, 3.05) is 40.0 Å². The molecule has 0 amide bonds. The molecule has 1 unspecified atom stereocenters. The van der Waals surface area contributed by atoms with Gasteiger partial charge in [0.15, 0.2) is 5.17 Å². The Bertz CT molecular complexity index is 462. The first kappa shape index (κ1) is 15.2. The zero-order valence-corrected chi connectivity index (χ0v) is 13.2. The van der Waals surface area contributed by atoms with Crippen molar-refractivity contribution in [2.45, 2.75) is 12.5 Å². The summed E-state index contributed by atoms with van der Waals surface area (Å²) in [7, 11) is 5.90. The number of hydrogen-bond acceptors (Lipinski definition) is 5. The summed E-state index contributed by atoms with van der Waals surface area (Å²) in [6, 6.07) is 8.56. The summed E-state index contributed by atoms with van der Waals surface area (Å²) in [5, 5.41) is 4.54. The average Bonchev–Trinajstić information content (AvgIpc) is 2.48. The Kier molecular flexibility index (Phi) is 5.73. The van der Waals surface area contributed by atoms with Crippen LogP contribution in [-0.4, -0.2) is 50.1 Å². The fourth-order valence-corrected chi connectivity index (χ4v) is 3.03. The number of amidine groups is 1. The van der Waals surface area contributed by atoms with Crippen LogP contribution in [0.5, 0.6) is 5.75 Å². The van der Waals surface area contributed by atoms with E-state index in [2.05, 4.69) is 41.4 Å². The molecule has 1 atom stereocenters. The molecule has 0 radical (unpaired) electrons. The Morgan fingerprint density at radius 1 is 1.45 bits per heavy atom. The van der Waals surface area contributed by atoms with Crippen molar-refractivity contribution in [3.8, 4) is 5.75 Å². The normalized spacial score (nSPS) is 16.7. The maximum Gasteiger partial charge on any atom is 0.156 e. The summed E-state index contributed by atoms with van der Waals surface area (Å²) in [6.07, 6.45) is 1.18. The molecule has 0 saturated heterocycles. The van der Waals surface area contributed by atoms with Gasteiger partial charge in [0.1, 0.15) is 5.75 Å². The van der Waals surface area contributed by atoms with E-state index < -0.39 is 0 Å². The first-order chi connectivity index (χ1) is 9.70. The third kappa shape index (κ3) is 4.15. The van der Waals surface area contributed by atoms with Gasteiger partial charge in [0.05, 0.1) is 13.2 Å². The van der Waals surface area contributed by atoms with E-state index in [0.29, 0.717) is 6.04 Å². The number of nitrogens with one attached hydrogen (secondary N) is 1. The summed E-state index contributed by atoms with van der Waals surface area (Å²) in [4.78, 5) is 6.73. The van der Waals surface area contributed by atoms with Crippen LogP contribution in [0.2, 0.25) is 0 Å². The summed E-state index contributed by atoms with van der Waals surface area (Å²) < 4.78 is 5.31. The molecule has 0 bridgehead atoms. The highest BCUT2D eigenvalue weighted by Crippen LogP contribution is 2.22. The molecule has 2 rings (SSSR count). The van der Waals surface area contributed by atoms with Crippen molar-refractivity contribution in [1.82, 2.24) is 10.2 Å². The first-order valence-electron chi connectivity index (χ1n) is 6.92. The fourth-order valence-electron chi connectivity index (χ4n) is 2.20. The molecule has 1 heterocycles. The molecule has 1 aliphatic rings. The van der Waals surface area contributed by atoms with E-state index in [1.54, 1.807) is 7.11 Å². The van der Waals surface area contributed by atoms with Gasteiger partial charge in [0, 0.05) is 18.8 Å². The Morgan fingerprint density at radius 2 is 2.30 bits per heavy atom. The van der Waals surface area contributed by atoms with Crippen LogP contribution in [0.4, 0.5) is 0 Å². The van der Waals surface area contributed by atoms with Crippen LogP contribution in [0.3, 0.4) is 0 Å². The number of ether oxygens (including phenoxy) is 1. The van der Waals surface area contributed by atoms with E-state index in [1.807, 2.05) is 23.9 Å². The summed E-state index contributed by atoms with van der Waals surface area (Å²) in [5.74, 6) is 2.07. The smallest absolute Gasteiger partial charge is 0.156 e. The number of aliphatic imine (C=N–C) groups is 1. The highest BCUT2D eigenvalue weighted by atomic mass is 32.2. The van der Waals surface area contributed by atoms with Gasteiger partial charge in [0.2, 0.25) is 0 Å². The lowest BCUT2D eigenvalue weighted by Gasteiger charge is -2.26. The summed E-state index contributed by atoms with van der Waals surface area (Å²) in [6.45, 7) is 1.80. The Hall–Kier alpha value is -1.20. The Labute approximate surface area is 125 Å². The largest absolute Gasteiger partial charge is 0.497 e. The van der Waals surface area contributed by atoms with E-state index in [0.717, 1.165) is 29.8 Å². The van der Waals surface area contributed by atoms with Gasteiger partial charge in [-0.05, 0) is 38.2 Å². The Morgan fingerprint density at radius 3 is 2.95 bits per heavy atom. The third-order valence-corrected chi connectivity index (χ3v) is 4.38. The molecule has 1 aliphatic heterocycles. The number of nitrogens with zero attached hydrogens (tertiary/aromatic N) is 2. The minimum Gasteiger partial charge on any atom is -0.497 e. The monoisotopic (exact) mass is 293 g/mol. The highest BCUT2D eigenvalue weighted by molar-refractivity contribution is 8.13. The zero-order valence-electron chi connectivity index (χ0n) is 12.4. The molecule has 0 aliphatic carbocycles. The number of benzene rings is 1. The van der Waals surface area contributed by atoms with Crippen molar-refractivity contribution < 1.29 is 4.74 Å². The van der Waals surface area contributed by atoms with Crippen LogP contribution in [0, 0.1) is 0 Å². The molecule has 0 aromatic heterocycles. The van der Waals surface area contributed by atoms with E-state index in [-0.39, 0.29) is 0 Å². The number of likely N-dealkylation sites (N-methyl/N-ethyl adjacent to an activating group) is 1. The van der Waals surface area contributed by atoms with Crippen LogP contribution in [0.25, 0.3) is 0 Å². The minimum absolute atomic E-state index is 0.301. The maximum atomic E-state index is 5.31. The number of thioether (sulfide) groups is 1. The van der Waals surface area contributed by atoms with E-state index in [1.165, 1.54) is 12.0 Å². The second-order valence-electron chi connectivity index (χ2n) is 5.03. The van der Waals surface area contributed by atoms with Crippen molar-refractivity contribution in [3.05, 3.63) is 29.8 Å². The van der Waals surface area contributed by atoms with Gasteiger partial charge in [-0.3, -0.25) is 4.99 Å². The van der Waals surface area contributed by atoms with Crippen LogP contribution in [0.15, 0.2) is 29.3 Å². The van der Waals surface area contributed by atoms with E-state index in [9.17, 15) is 0 Å². The van der Waals surface area contributed by atoms with Crippen molar-refractivity contribution >= 4 is 16.9 Å². The lowest BCUT2D eigenvalue weighted by atomic mass is 10.1. The molecular weight excluding hydrogens is 270 g/mol. The van der Waals surface area contributed by atoms with Crippen LogP contribution in [-0.2, 0) is 0 Å². The van der Waals surface area contributed by atoms with Gasteiger partial charge in [0.25, 0.3) is 0 Å². The lowest BCUT2D eigenvalue weighted by molar-refractivity contribution is 0.298. The predicted molar refractivity (Wildman–Crippen MR) is 86.8 cm³/mol. The molecule has 0 spiro atoms. The molecule has 20 heavy (non-hydrogen) atoms. The average molecular weight is 293 g/mol. The molecule has 0 fully saturated rings. The van der Waals surface area contributed by atoms with Crippen LogP contribution >= 0.6 is 11.8 Å². The molecule has 1 N–H and O–H groups in total. The number of rotatable bonds is 5. The quantitative estimate of drug-likeness (QED) is 0.904. The summed E-state index contributed by atoms with van der Waals surface area (Å²) in [5.41, 5.74) is 1.25. The molecule has 0 saturated carbocycles. The highest BCUT2D eigenvalue weighted by Gasteiger charge is 2.16. The topological polar surface area (TPSA) is 36.9 Å². The van der Waals surface area contributed by atoms with Crippen molar-refractivity contribution in [2.24, 2.45) is 4.99 Å². The lowest BCUT2D eigenvalue weighted by Crippen LogP contribution is -2.34. The SMILES string of the molecule is COc1cccc(C(CNC2=NCCCS2)N(C)C)c1. The minimum atomic E-state index is 0.301. The second-order valence-corrected chi connectivity index (χ2v) is 6.11. The first-order valence-corrected chi connectivity index (χ1v) is 7.91.